The van der Waals surface area contributed by atoms with E-state index in [0.717, 1.165) is 27.7 Å². The molecule has 0 fully saturated rings. The number of carbonyl (C=O) groups is 1. The molecule has 3 aromatic carbocycles. The molecule has 1 atom stereocenters. The third-order valence-corrected chi connectivity index (χ3v) is 6.82. The second-order valence-electron chi connectivity index (χ2n) is 8.84. The molecule has 0 aliphatic carbocycles. The highest BCUT2D eigenvalue weighted by Gasteiger charge is 2.35. The molecule has 4 aromatic rings. The molecule has 1 aromatic heterocycles. The maximum absolute atomic E-state index is 14.7. The first-order chi connectivity index (χ1) is 18.8. The number of cyclic esters (lactones) is 1. The minimum absolute atomic E-state index is 0.134. The molecule has 0 spiro atoms. The van der Waals surface area contributed by atoms with E-state index in [0.29, 0.717) is 17.2 Å². The fourth-order valence-corrected chi connectivity index (χ4v) is 4.64. The van der Waals surface area contributed by atoms with Crippen LogP contribution in [0.15, 0.2) is 77.8 Å². The molecular formula is C28H22BrF2N3O5. The van der Waals surface area contributed by atoms with Crippen LogP contribution in [-0.4, -0.2) is 46.2 Å². The van der Waals surface area contributed by atoms with E-state index in [1.807, 2.05) is 24.3 Å². The molecule has 0 saturated heterocycles. The summed E-state index contributed by atoms with van der Waals surface area (Å²) >= 11 is 3.41. The van der Waals surface area contributed by atoms with Gasteiger partial charge >= 0.3 is 5.97 Å². The van der Waals surface area contributed by atoms with Gasteiger partial charge in [0.25, 0.3) is 0 Å². The van der Waals surface area contributed by atoms with Gasteiger partial charge in [0.1, 0.15) is 43.1 Å². The number of hydrogen-bond donors (Lipinski definition) is 1. The van der Waals surface area contributed by atoms with E-state index >= 15 is 0 Å². The molecule has 1 aliphatic heterocycles. The molecular weight excluding hydrogens is 576 g/mol. The largest absolute Gasteiger partial charge is 0.493 e. The standard InChI is InChI=1S/C28H22BrF2N3O5/c1-37-25-10-18(26-21(12-38-27(26)35)17-2-5-19(29)6-3-17)4-9-24(25)39-14-28(36,13-34-16-32-15-33-34)22-8-7-20(30)11-23(22)31/h2-11,15-16,36H,12-14H2,1H3. The Balaban J connectivity index is 1.46. The Morgan fingerprint density at radius 1 is 1.08 bits per heavy atom. The van der Waals surface area contributed by atoms with E-state index in [1.54, 1.807) is 18.2 Å². The Morgan fingerprint density at radius 3 is 2.54 bits per heavy atom. The summed E-state index contributed by atoms with van der Waals surface area (Å²) in [6.45, 7) is -0.514. The molecule has 2 heterocycles. The third-order valence-electron chi connectivity index (χ3n) is 6.29. The van der Waals surface area contributed by atoms with Crippen LogP contribution >= 0.6 is 15.9 Å². The average molecular weight is 598 g/mol. The van der Waals surface area contributed by atoms with Crippen LogP contribution in [0.1, 0.15) is 16.7 Å². The Kier molecular flexibility index (Phi) is 7.45. The summed E-state index contributed by atoms with van der Waals surface area (Å²) in [5.74, 6) is -1.66. The zero-order valence-electron chi connectivity index (χ0n) is 20.6. The Hall–Kier alpha value is -4.09. The van der Waals surface area contributed by atoms with Crippen molar-refractivity contribution in [3.8, 4) is 11.5 Å². The van der Waals surface area contributed by atoms with E-state index < -0.39 is 29.8 Å². The summed E-state index contributed by atoms with van der Waals surface area (Å²) in [6, 6.07) is 15.3. The number of benzene rings is 3. The number of halogens is 3. The molecule has 200 valence electrons. The monoisotopic (exact) mass is 597 g/mol. The molecule has 0 amide bonds. The van der Waals surface area contributed by atoms with E-state index in [1.165, 1.54) is 24.4 Å². The number of nitrogens with zero attached hydrogens (tertiary/aromatic N) is 3. The van der Waals surface area contributed by atoms with Crippen molar-refractivity contribution < 1.29 is 32.9 Å². The minimum Gasteiger partial charge on any atom is -0.493 e. The number of hydrogen-bond acceptors (Lipinski definition) is 7. The van der Waals surface area contributed by atoms with Crippen LogP contribution in [-0.2, 0) is 21.7 Å². The molecule has 1 unspecified atom stereocenters. The average Bonchev–Trinajstić information content (AvgIpc) is 3.57. The summed E-state index contributed by atoms with van der Waals surface area (Å²) in [6.07, 6.45) is 2.63. The van der Waals surface area contributed by atoms with E-state index in [2.05, 4.69) is 26.0 Å². The van der Waals surface area contributed by atoms with Crippen LogP contribution in [0.5, 0.6) is 11.5 Å². The molecule has 11 heteroatoms. The molecule has 0 radical (unpaired) electrons. The van der Waals surface area contributed by atoms with Crippen molar-refractivity contribution in [2.24, 2.45) is 0 Å². The molecule has 0 bridgehead atoms. The highest BCUT2D eigenvalue weighted by molar-refractivity contribution is 9.10. The van der Waals surface area contributed by atoms with Gasteiger partial charge < -0.3 is 19.3 Å². The number of aromatic nitrogens is 3. The zero-order chi connectivity index (χ0) is 27.6. The Labute approximate surface area is 230 Å². The van der Waals surface area contributed by atoms with E-state index in [4.69, 9.17) is 14.2 Å². The summed E-state index contributed by atoms with van der Waals surface area (Å²) in [5.41, 5.74) is 0.421. The van der Waals surface area contributed by atoms with Crippen molar-refractivity contribution in [1.82, 2.24) is 14.8 Å². The molecule has 1 N–H and O–H groups in total. The zero-order valence-corrected chi connectivity index (χ0v) is 22.2. The normalized spacial score (nSPS) is 14.7. The predicted octanol–water partition coefficient (Wildman–Crippen LogP) is 4.76. The van der Waals surface area contributed by atoms with Gasteiger partial charge in [0.05, 0.1) is 19.2 Å². The van der Waals surface area contributed by atoms with Crippen molar-refractivity contribution in [2.45, 2.75) is 12.1 Å². The van der Waals surface area contributed by atoms with Crippen LogP contribution in [0.4, 0.5) is 8.78 Å². The molecule has 8 nitrogen and oxygen atoms in total. The van der Waals surface area contributed by atoms with Gasteiger partial charge in [-0.3, -0.25) is 0 Å². The highest BCUT2D eigenvalue weighted by Crippen LogP contribution is 2.38. The van der Waals surface area contributed by atoms with Crippen LogP contribution in [0.2, 0.25) is 0 Å². The number of ether oxygens (including phenoxy) is 3. The number of methoxy groups -OCH3 is 1. The smallest absolute Gasteiger partial charge is 0.339 e. The topological polar surface area (TPSA) is 95.7 Å². The highest BCUT2D eigenvalue weighted by atomic mass is 79.9. The second kappa shape index (κ2) is 11.0. The van der Waals surface area contributed by atoms with Gasteiger partial charge in [-0.05, 0) is 41.5 Å². The number of aliphatic hydroxyl groups is 1. The lowest BCUT2D eigenvalue weighted by atomic mass is 9.93. The van der Waals surface area contributed by atoms with Gasteiger partial charge in [0.15, 0.2) is 11.5 Å². The first kappa shape index (κ1) is 26.5. The Bertz CT molecular complexity index is 1540. The maximum Gasteiger partial charge on any atom is 0.339 e. The predicted molar refractivity (Wildman–Crippen MR) is 141 cm³/mol. The molecule has 0 saturated carbocycles. The van der Waals surface area contributed by atoms with Crippen LogP contribution in [0.3, 0.4) is 0 Å². The number of esters is 1. The van der Waals surface area contributed by atoms with E-state index in [9.17, 15) is 18.7 Å². The van der Waals surface area contributed by atoms with Crippen molar-refractivity contribution in [3.63, 3.8) is 0 Å². The Morgan fingerprint density at radius 2 is 1.85 bits per heavy atom. The van der Waals surface area contributed by atoms with Crippen LogP contribution < -0.4 is 9.47 Å². The summed E-state index contributed by atoms with van der Waals surface area (Å²) < 4.78 is 47.3. The van der Waals surface area contributed by atoms with Gasteiger partial charge in [0, 0.05) is 21.7 Å². The van der Waals surface area contributed by atoms with Gasteiger partial charge in [-0.15, -0.1) is 0 Å². The quantitative estimate of drug-likeness (QED) is 0.278. The molecule has 5 rings (SSSR count). The lowest BCUT2D eigenvalue weighted by Crippen LogP contribution is -2.39. The maximum atomic E-state index is 14.7. The number of carbonyl (C=O) groups excluding carboxylic acids is 1. The summed E-state index contributed by atoms with van der Waals surface area (Å²) in [5, 5.41) is 15.5. The van der Waals surface area contributed by atoms with Gasteiger partial charge in [-0.1, -0.05) is 40.2 Å². The molecule has 1 aliphatic rings. The number of rotatable bonds is 9. The fraction of sp³-hybridized carbons (Fsp3) is 0.179. The first-order valence-electron chi connectivity index (χ1n) is 11.7. The summed E-state index contributed by atoms with van der Waals surface area (Å²) in [4.78, 5) is 16.5. The van der Waals surface area contributed by atoms with Crippen molar-refractivity contribution in [1.29, 1.82) is 0 Å². The van der Waals surface area contributed by atoms with Crippen LogP contribution in [0.25, 0.3) is 11.1 Å². The summed E-state index contributed by atoms with van der Waals surface area (Å²) in [7, 11) is 1.43. The molecule has 39 heavy (non-hydrogen) atoms. The lowest BCUT2D eigenvalue weighted by molar-refractivity contribution is -0.133. The van der Waals surface area contributed by atoms with Crippen molar-refractivity contribution >= 4 is 33.0 Å². The third kappa shape index (κ3) is 5.55. The van der Waals surface area contributed by atoms with Crippen LogP contribution in [0, 0.1) is 11.6 Å². The minimum atomic E-state index is -1.94. The van der Waals surface area contributed by atoms with Gasteiger partial charge in [-0.2, -0.15) is 5.10 Å². The van der Waals surface area contributed by atoms with Crippen molar-refractivity contribution in [2.75, 3.05) is 20.3 Å². The fourth-order valence-electron chi connectivity index (χ4n) is 4.37. The first-order valence-corrected chi connectivity index (χ1v) is 12.5. The lowest BCUT2D eigenvalue weighted by Gasteiger charge is -2.29. The SMILES string of the molecule is COc1cc(C2=C(c3ccc(Br)cc3)COC2=O)ccc1OCC(O)(Cn1cncn1)c1ccc(F)cc1F. The van der Waals surface area contributed by atoms with Gasteiger partial charge in [-0.25, -0.2) is 23.2 Å². The van der Waals surface area contributed by atoms with E-state index in [-0.39, 0.29) is 30.2 Å². The van der Waals surface area contributed by atoms with Crippen molar-refractivity contribution in [3.05, 3.63) is 106 Å². The second-order valence-corrected chi connectivity index (χ2v) is 9.76. The van der Waals surface area contributed by atoms with Gasteiger partial charge in [0.2, 0.25) is 0 Å².